The molecule has 0 aliphatic heterocycles. The number of ether oxygens (including phenoxy) is 1. The van der Waals surface area contributed by atoms with E-state index in [0.717, 1.165) is 26.8 Å². The van der Waals surface area contributed by atoms with Gasteiger partial charge in [-0.1, -0.05) is 48.5 Å². The van der Waals surface area contributed by atoms with Crippen LogP contribution in [0.1, 0.15) is 22.8 Å². The van der Waals surface area contributed by atoms with Crippen molar-refractivity contribution >= 4 is 40.2 Å². The molecular formula is C22H17NO4S. The van der Waals surface area contributed by atoms with Crippen molar-refractivity contribution in [3.63, 3.8) is 0 Å². The number of nitrogens with two attached hydrogens (primary N) is 1. The van der Waals surface area contributed by atoms with Gasteiger partial charge in [0.15, 0.2) is 11.9 Å². The van der Waals surface area contributed by atoms with Crippen LogP contribution in [0.15, 0.2) is 59.5 Å². The summed E-state index contributed by atoms with van der Waals surface area (Å²) >= 11 is 1.31. The first-order chi connectivity index (χ1) is 13.5. The lowest BCUT2D eigenvalue weighted by molar-refractivity contribution is -0.151. The molecule has 0 heterocycles. The zero-order valence-electron chi connectivity index (χ0n) is 15.1. The average molecular weight is 391 g/mol. The molecule has 3 aromatic carbocycles. The van der Waals surface area contributed by atoms with Crippen molar-refractivity contribution in [1.29, 1.82) is 0 Å². The highest BCUT2D eigenvalue weighted by molar-refractivity contribution is 8.00. The monoisotopic (exact) mass is 391 g/mol. The Morgan fingerprint density at radius 3 is 2.43 bits per heavy atom. The number of benzene rings is 3. The number of primary amides is 1. The van der Waals surface area contributed by atoms with E-state index in [0.29, 0.717) is 11.1 Å². The van der Waals surface area contributed by atoms with Crippen LogP contribution in [0.5, 0.6) is 0 Å². The number of fused-ring (bicyclic) bond motifs is 2. The fraction of sp³-hybridized carbons (Fsp3) is 0.136. The van der Waals surface area contributed by atoms with Crippen LogP contribution in [0.3, 0.4) is 0 Å². The van der Waals surface area contributed by atoms with Gasteiger partial charge in [-0.2, -0.15) is 0 Å². The molecule has 28 heavy (non-hydrogen) atoms. The number of carbonyl (C=O) groups excluding carboxylic acids is 3. The van der Waals surface area contributed by atoms with Crippen LogP contribution in [-0.4, -0.2) is 29.5 Å². The molecule has 0 saturated carbocycles. The van der Waals surface area contributed by atoms with Crippen molar-refractivity contribution in [1.82, 2.24) is 0 Å². The summed E-state index contributed by atoms with van der Waals surface area (Å²) in [6.07, 6.45) is -0.960. The molecule has 2 N–H and O–H groups in total. The van der Waals surface area contributed by atoms with Crippen LogP contribution < -0.4 is 5.73 Å². The highest BCUT2D eigenvalue weighted by Gasteiger charge is 2.25. The second-order valence-electron chi connectivity index (χ2n) is 6.54. The van der Waals surface area contributed by atoms with Gasteiger partial charge in [0.05, 0.1) is 5.75 Å². The van der Waals surface area contributed by atoms with E-state index in [1.54, 1.807) is 0 Å². The molecule has 5 nitrogen and oxygen atoms in total. The van der Waals surface area contributed by atoms with Crippen molar-refractivity contribution in [3.05, 3.63) is 65.7 Å². The lowest BCUT2D eigenvalue weighted by Crippen LogP contribution is -2.31. The fourth-order valence-electron chi connectivity index (χ4n) is 3.41. The van der Waals surface area contributed by atoms with Gasteiger partial charge in [0.1, 0.15) is 0 Å². The van der Waals surface area contributed by atoms with Crippen LogP contribution in [-0.2, 0) is 14.3 Å². The van der Waals surface area contributed by atoms with E-state index in [1.165, 1.54) is 18.7 Å². The molecule has 140 valence electrons. The zero-order valence-corrected chi connectivity index (χ0v) is 15.9. The molecule has 6 heteroatoms. The van der Waals surface area contributed by atoms with Gasteiger partial charge >= 0.3 is 5.97 Å². The molecule has 1 amide bonds. The van der Waals surface area contributed by atoms with E-state index in [-0.39, 0.29) is 11.5 Å². The highest BCUT2D eigenvalue weighted by Crippen LogP contribution is 2.42. The smallest absolute Gasteiger partial charge is 0.317 e. The number of amides is 1. The summed E-state index contributed by atoms with van der Waals surface area (Å²) < 4.78 is 5.00. The Morgan fingerprint density at radius 2 is 1.68 bits per heavy atom. The minimum absolute atomic E-state index is 0.00513. The Labute approximate surface area is 165 Å². The lowest BCUT2D eigenvalue weighted by atomic mass is 9.83. The maximum absolute atomic E-state index is 12.9. The third-order valence-corrected chi connectivity index (χ3v) is 5.81. The molecule has 0 saturated heterocycles. The summed E-state index contributed by atoms with van der Waals surface area (Å²) in [6.45, 7) is 1.44. The molecular weight excluding hydrogens is 374 g/mol. The SMILES string of the molecule is C[C@@H](OC(=O)CSc1ccc2c3c(cccc13)C(=O)c1ccccc1-2)C(N)=O. The predicted octanol–water partition coefficient (Wildman–Crippen LogP) is 3.56. The Bertz CT molecular complexity index is 1140. The largest absolute Gasteiger partial charge is 0.452 e. The van der Waals surface area contributed by atoms with Gasteiger partial charge in [-0.25, -0.2) is 0 Å². The zero-order chi connectivity index (χ0) is 19.8. The van der Waals surface area contributed by atoms with Crippen molar-refractivity contribution in [2.75, 3.05) is 5.75 Å². The standard InChI is InChI=1S/C22H17NO4S/c1-12(22(23)26)27-19(24)11-28-18-10-9-14-13-5-2-3-6-15(13)21(25)17-8-4-7-16(18)20(14)17/h2-10,12H,11H2,1H3,(H2,23,26)/t12-/m1/s1. The molecule has 1 atom stereocenters. The van der Waals surface area contributed by atoms with E-state index in [2.05, 4.69) is 0 Å². The summed E-state index contributed by atoms with van der Waals surface area (Å²) in [4.78, 5) is 36.8. The van der Waals surface area contributed by atoms with Gasteiger partial charge in [-0.15, -0.1) is 11.8 Å². The van der Waals surface area contributed by atoms with Gasteiger partial charge in [-0.3, -0.25) is 14.4 Å². The minimum Gasteiger partial charge on any atom is -0.452 e. The summed E-state index contributed by atoms with van der Waals surface area (Å²) in [5.41, 5.74) is 8.41. The topological polar surface area (TPSA) is 86.5 Å². The molecule has 1 aliphatic rings. The predicted molar refractivity (Wildman–Crippen MR) is 108 cm³/mol. The third kappa shape index (κ3) is 3.05. The summed E-state index contributed by atoms with van der Waals surface area (Å²) in [7, 11) is 0. The molecule has 0 unspecified atom stereocenters. The van der Waals surface area contributed by atoms with Crippen molar-refractivity contribution < 1.29 is 19.1 Å². The van der Waals surface area contributed by atoms with Gasteiger partial charge in [0.25, 0.3) is 5.91 Å². The maximum Gasteiger partial charge on any atom is 0.317 e. The lowest BCUT2D eigenvalue weighted by Gasteiger charge is -2.21. The number of esters is 1. The summed E-state index contributed by atoms with van der Waals surface area (Å²) in [5, 5.41) is 1.81. The van der Waals surface area contributed by atoms with Crippen LogP contribution in [0.4, 0.5) is 0 Å². The summed E-state index contributed by atoms with van der Waals surface area (Å²) in [5.74, 6) is -1.15. The quantitative estimate of drug-likeness (QED) is 0.415. The second-order valence-corrected chi connectivity index (χ2v) is 7.55. The van der Waals surface area contributed by atoms with Gasteiger partial charge in [-0.05, 0) is 29.5 Å². The van der Waals surface area contributed by atoms with E-state index >= 15 is 0 Å². The van der Waals surface area contributed by atoms with E-state index in [9.17, 15) is 14.4 Å². The maximum atomic E-state index is 12.9. The highest BCUT2D eigenvalue weighted by atomic mass is 32.2. The Hall–Kier alpha value is -3.12. The van der Waals surface area contributed by atoms with Gasteiger partial charge in [0, 0.05) is 21.4 Å². The van der Waals surface area contributed by atoms with E-state index < -0.39 is 18.0 Å². The number of carbonyl (C=O) groups is 3. The van der Waals surface area contributed by atoms with Crippen molar-refractivity contribution in [2.45, 2.75) is 17.9 Å². The number of hydrogen-bond donors (Lipinski definition) is 1. The van der Waals surface area contributed by atoms with Crippen molar-refractivity contribution in [2.24, 2.45) is 5.73 Å². The van der Waals surface area contributed by atoms with Crippen LogP contribution in [0, 0.1) is 0 Å². The third-order valence-electron chi connectivity index (χ3n) is 4.76. The van der Waals surface area contributed by atoms with Crippen LogP contribution in [0.25, 0.3) is 21.9 Å². The van der Waals surface area contributed by atoms with E-state index in [1.807, 2.05) is 54.6 Å². The molecule has 0 bridgehead atoms. The molecule has 0 radical (unpaired) electrons. The Morgan fingerprint density at radius 1 is 0.964 bits per heavy atom. The molecule has 3 aromatic rings. The first-order valence-electron chi connectivity index (χ1n) is 8.79. The van der Waals surface area contributed by atoms with Crippen LogP contribution >= 0.6 is 11.8 Å². The molecule has 0 fully saturated rings. The Kier molecular flexibility index (Phi) is 4.65. The molecule has 0 aromatic heterocycles. The molecule has 0 spiro atoms. The number of ketones is 1. The first-order valence-corrected chi connectivity index (χ1v) is 9.77. The minimum atomic E-state index is -0.960. The van der Waals surface area contributed by atoms with Gasteiger partial charge < -0.3 is 10.5 Å². The van der Waals surface area contributed by atoms with Crippen LogP contribution in [0.2, 0.25) is 0 Å². The number of thioether (sulfide) groups is 1. The summed E-state index contributed by atoms with van der Waals surface area (Å²) in [6, 6.07) is 17.1. The number of rotatable bonds is 5. The average Bonchev–Trinajstić information content (AvgIpc) is 2.70. The Balaban J connectivity index is 1.70. The van der Waals surface area contributed by atoms with E-state index in [4.69, 9.17) is 10.5 Å². The number of hydrogen-bond acceptors (Lipinski definition) is 5. The van der Waals surface area contributed by atoms with Gasteiger partial charge in [0.2, 0.25) is 0 Å². The fourth-order valence-corrected chi connectivity index (χ4v) is 4.24. The normalized spacial score (nSPS) is 13.1. The van der Waals surface area contributed by atoms with Crippen molar-refractivity contribution in [3.8, 4) is 11.1 Å². The second kappa shape index (κ2) is 7.13. The molecule has 4 rings (SSSR count). The first kappa shape index (κ1) is 18.3. The molecule has 1 aliphatic carbocycles.